The van der Waals surface area contributed by atoms with Crippen molar-refractivity contribution in [2.24, 2.45) is 10.7 Å². The fraction of sp³-hybridized carbons (Fsp3) is 0.0800. The average Bonchev–Trinajstić information content (AvgIpc) is 3.42. The molecule has 164 valence electrons. The number of para-hydroxylation sites is 1. The van der Waals surface area contributed by atoms with Crippen molar-refractivity contribution in [3.8, 4) is 5.88 Å². The van der Waals surface area contributed by atoms with E-state index in [0.29, 0.717) is 18.2 Å². The van der Waals surface area contributed by atoms with Gasteiger partial charge in [-0.1, -0.05) is 30.4 Å². The van der Waals surface area contributed by atoms with Crippen LogP contribution in [-0.4, -0.2) is 39.3 Å². The Morgan fingerprint density at radius 3 is 2.85 bits per heavy atom. The molecule has 2 aliphatic rings. The van der Waals surface area contributed by atoms with Gasteiger partial charge in [0.15, 0.2) is 6.40 Å². The second kappa shape index (κ2) is 8.88. The Labute approximate surface area is 189 Å². The van der Waals surface area contributed by atoms with Crippen LogP contribution in [0.2, 0.25) is 0 Å². The first-order valence-corrected chi connectivity index (χ1v) is 10.4. The van der Waals surface area contributed by atoms with Crippen LogP contribution in [-0.2, 0) is 9.53 Å². The van der Waals surface area contributed by atoms with Crippen LogP contribution >= 0.6 is 0 Å². The smallest absolute Gasteiger partial charge is 0.244 e. The summed E-state index contributed by atoms with van der Waals surface area (Å²) in [6.45, 7) is 0.343. The van der Waals surface area contributed by atoms with E-state index in [-0.39, 0.29) is 0 Å². The number of fused-ring (bicyclic) bond motifs is 4. The molecule has 0 fully saturated rings. The second-order valence-electron chi connectivity index (χ2n) is 7.42. The second-order valence-corrected chi connectivity index (χ2v) is 7.42. The van der Waals surface area contributed by atoms with Crippen molar-refractivity contribution in [3.63, 3.8) is 0 Å². The van der Waals surface area contributed by atoms with E-state index in [1.165, 1.54) is 18.9 Å². The van der Waals surface area contributed by atoms with Crippen LogP contribution in [0.4, 0.5) is 0 Å². The normalized spacial score (nSPS) is 23.0. The molecule has 2 bridgehead atoms. The van der Waals surface area contributed by atoms with Crippen LogP contribution in [0.1, 0.15) is 0 Å². The first-order valence-electron chi connectivity index (χ1n) is 10.4. The van der Waals surface area contributed by atoms with E-state index < -0.39 is 11.9 Å². The minimum absolute atomic E-state index is 0.343. The number of nitrogens with zero attached hydrogens (tertiary/aromatic N) is 4. The number of carbonyl (C=O) groups excluding carboxylic acids is 1. The third-order valence-electron chi connectivity index (χ3n) is 5.30. The van der Waals surface area contributed by atoms with Gasteiger partial charge >= 0.3 is 0 Å². The van der Waals surface area contributed by atoms with Crippen molar-refractivity contribution in [2.45, 2.75) is 6.04 Å². The van der Waals surface area contributed by atoms with E-state index in [1.54, 1.807) is 23.3 Å². The van der Waals surface area contributed by atoms with Crippen molar-refractivity contribution in [1.82, 2.24) is 14.5 Å². The van der Waals surface area contributed by atoms with Gasteiger partial charge in [-0.2, -0.15) is 0 Å². The standard InChI is InChI=1S/C25H21N5O3/c26-24(31)22-15-18-16-30(22)13-10-27-17-32-14-6-2-1-5-11-29-12-9-20-19-7-3-4-8-21(19)28-25(33-18)23(20)29/h1-15,17,22H,16H2,(H2,26,31)/b2-1-,11-5-,13-10-,14-6-,27-17-. The van der Waals surface area contributed by atoms with E-state index in [1.807, 2.05) is 65.5 Å². The lowest BCUT2D eigenvalue weighted by Gasteiger charge is -2.19. The maximum Gasteiger partial charge on any atom is 0.244 e. The maximum atomic E-state index is 12.0. The summed E-state index contributed by atoms with van der Waals surface area (Å²) < 4.78 is 13.4. The molecule has 0 spiro atoms. The largest absolute Gasteiger partial charge is 0.453 e. The first-order chi connectivity index (χ1) is 16.2. The fourth-order valence-corrected chi connectivity index (χ4v) is 3.82. The number of primary amides is 1. The predicted molar refractivity (Wildman–Crippen MR) is 128 cm³/mol. The molecular formula is C25H21N5O3. The Bertz CT molecular complexity index is 1390. The van der Waals surface area contributed by atoms with E-state index >= 15 is 0 Å². The molecule has 2 N–H and O–H groups in total. The van der Waals surface area contributed by atoms with Gasteiger partial charge in [0.25, 0.3) is 0 Å². The number of carbonyl (C=O) groups is 1. The molecule has 3 aromatic rings. The number of hydrogen-bond donors (Lipinski definition) is 1. The third-order valence-corrected chi connectivity index (χ3v) is 5.30. The number of amides is 1. The van der Waals surface area contributed by atoms with Gasteiger partial charge in [0.05, 0.1) is 18.3 Å². The van der Waals surface area contributed by atoms with Crippen molar-refractivity contribution < 1.29 is 14.3 Å². The van der Waals surface area contributed by atoms with Gasteiger partial charge in [-0.3, -0.25) is 4.79 Å². The van der Waals surface area contributed by atoms with Crippen molar-refractivity contribution >= 4 is 40.3 Å². The summed E-state index contributed by atoms with van der Waals surface area (Å²) in [5, 5.41) is 2.05. The van der Waals surface area contributed by atoms with Crippen LogP contribution in [0, 0.1) is 0 Å². The van der Waals surface area contributed by atoms with Crippen LogP contribution in [0.5, 0.6) is 5.88 Å². The molecule has 2 aliphatic heterocycles. The minimum Gasteiger partial charge on any atom is -0.453 e. The van der Waals surface area contributed by atoms with Crippen molar-refractivity contribution in [2.75, 3.05) is 6.54 Å². The highest BCUT2D eigenvalue weighted by Gasteiger charge is 2.29. The Hall–Kier alpha value is -4.59. The van der Waals surface area contributed by atoms with E-state index in [2.05, 4.69) is 4.99 Å². The van der Waals surface area contributed by atoms with Crippen LogP contribution in [0.25, 0.3) is 28.0 Å². The molecule has 0 radical (unpaired) electrons. The quantitative estimate of drug-likeness (QED) is 0.624. The number of aliphatic imine (C=N–C) groups is 1. The van der Waals surface area contributed by atoms with E-state index in [4.69, 9.17) is 20.2 Å². The molecular weight excluding hydrogens is 418 g/mol. The van der Waals surface area contributed by atoms with Crippen LogP contribution < -0.4 is 10.5 Å². The van der Waals surface area contributed by atoms with Gasteiger partial charge < -0.3 is 24.7 Å². The van der Waals surface area contributed by atoms with Crippen LogP contribution in [0.3, 0.4) is 0 Å². The van der Waals surface area contributed by atoms with Crippen molar-refractivity contribution in [1.29, 1.82) is 0 Å². The molecule has 0 saturated carbocycles. The predicted octanol–water partition coefficient (Wildman–Crippen LogP) is 3.69. The number of benzene rings is 1. The number of nitrogens with two attached hydrogens (primary N) is 1. The number of pyridine rings is 1. The molecule has 4 heterocycles. The zero-order chi connectivity index (χ0) is 22.6. The topological polar surface area (TPSA) is 95.0 Å². The van der Waals surface area contributed by atoms with Gasteiger partial charge in [0.2, 0.25) is 11.8 Å². The van der Waals surface area contributed by atoms with Crippen LogP contribution in [0.15, 0.2) is 96.3 Å². The van der Waals surface area contributed by atoms with Crippen molar-refractivity contribution in [3.05, 3.63) is 91.3 Å². The number of hydrogen-bond acceptors (Lipinski definition) is 6. The number of allylic oxidation sites excluding steroid dienone is 4. The Balaban J connectivity index is 1.64. The zero-order valence-corrected chi connectivity index (χ0v) is 17.6. The summed E-state index contributed by atoms with van der Waals surface area (Å²) in [6.07, 6.45) is 19.0. The van der Waals surface area contributed by atoms with Gasteiger partial charge in [0, 0.05) is 35.6 Å². The lowest BCUT2D eigenvalue weighted by molar-refractivity contribution is -0.120. The summed E-state index contributed by atoms with van der Waals surface area (Å²) >= 11 is 0. The highest BCUT2D eigenvalue weighted by atomic mass is 16.5. The molecule has 1 atom stereocenters. The zero-order valence-electron chi connectivity index (χ0n) is 17.6. The van der Waals surface area contributed by atoms with Gasteiger partial charge in [-0.05, 0) is 30.4 Å². The molecule has 1 amide bonds. The summed E-state index contributed by atoms with van der Waals surface area (Å²) in [5.74, 6) is 0.546. The maximum absolute atomic E-state index is 12.0. The summed E-state index contributed by atoms with van der Waals surface area (Å²) in [5.41, 5.74) is 7.26. The molecule has 0 aliphatic carbocycles. The molecule has 8 heteroatoms. The number of aromatic nitrogens is 2. The molecule has 1 aromatic carbocycles. The number of ether oxygens (including phenoxy) is 2. The first kappa shape index (κ1) is 20.3. The lowest BCUT2D eigenvalue weighted by atomic mass is 10.1. The van der Waals surface area contributed by atoms with Gasteiger partial charge in [-0.25, -0.2) is 9.98 Å². The molecule has 8 nitrogen and oxygen atoms in total. The Morgan fingerprint density at radius 2 is 1.94 bits per heavy atom. The summed E-state index contributed by atoms with van der Waals surface area (Å²) in [7, 11) is 0. The van der Waals surface area contributed by atoms with Gasteiger partial charge in [0.1, 0.15) is 17.3 Å². The molecule has 2 aromatic heterocycles. The summed E-state index contributed by atoms with van der Waals surface area (Å²) in [4.78, 5) is 22.6. The minimum atomic E-state index is -0.652. The van der Waals surface area contributed by atoms with Gasteiger partial charge in [-0.15, -0.1) is 0 Å². The fourth-order valence-electron chi connectivity index (χ4n) is 3.82. The molecule has 1 unspecified atom stereocenters. The average molecular weight is 439 g/mol. The lowest BCUT2D eigenvalue weighted by Crippen LogP contribution is -2.37. The van der Waals surface area contributed by atoms with E-state index in [9.17, 15) is 4.79 Å². The molecule has 0 saturated heterocycles. The third kappa shape index (κ3) is 4.14. The summed E-state index contributed by atoms with van der Waals surface area (Å²) in [6, 6.07) is 9.31. The highest BCUT2D eigenvalue weighted by Crippen LogP contribution is 2.33. The molecule has 5 rings (SSSR count). The van der Waals surface area contributed by atoms with E-state index in [0.717, 1.165) is 21.8 Å². The highest BCUT2D eigenvalue weighted by molar-refractivity contribution is 6.07. The number of rotatable bonds is 1. The Morgan fingerprint density at radius 1 is 1.06 bits per heavy atom. The molecule has 33 heavy (non-hydrogen) atoms. The monoisotopic (exact) mass is 439 g/mol. The Kier molecular flexibility index (Phi) is 5.47. The SMILES string of the molecule is NC(=O)C1C=C2CN1/C=C\N=C/O\C=C/C=C\C=C/n1ccc3c4ccccc4nc(c31)O2.